The Bertz CT molecular complexity index is 1150. The molecule has 2 heterocycles. The van der Waals surface area contributed by atoms with Crippen molar-refractivity contribution in [1.29, 1.82) is 0 Å². The number of benzene rings is 2. The fourth-order valence-corrected chi connectivity index (χ4v) is 4.12. The quantitative estimate of drug-likeness (QED) is 0.680. The van der Waals surface area contributed by atoms with Gasteiger partial charge in [-0.05, 0) is 56.0 Å². The summed E-state index contributed by atoms with van der Waals surface area (Å²) in [5.41, 5.74) is 4.72. The van der Waals surface area contributed by atoms with E-state index in [1.807, 2.05) is 11.6 Å². The number of carbonyl (C=O) groups excluding carboxylic acids is 1. The second-order valence-electron chi connectivity index (χ2n) is 8.12. The highest BCUT2D eigenvalue weighted by Gasteiger charge is 2.17. The average Bonchev–Trinajstić information content (AvgIpc) is 2.95. The van der Waals surface area contributed by atoms with Gasteiger partial charge in [0.15, 0.2) is 0 Å². The molecule has 5 nitrogen and oxygen atoms in total. The van der Waals surface area contributed by atoms with Gasteiger partial charge in [0.1, 0.15) is 5.82 Å². The maximum Gasteiger partial charge on any atom is 0.261 e. The molecular formula is C24H27N3O2. The highest BCUT2D eigenvalue weighted by Crippen LogP contribution is 2.18. The molecule has 4 rings (SSSR count). The Morgan fingerprint density at radius 3 is 2.72 bits per heavy atom. The molecule has 0 saturated heterocycles. The lowest BCUT2D eigenvalue weighted by Crippen LogP contribution is -2.27. The molecule has 0 atom stereocenters. The van der Waals surface area contributed by atoms with Crippen molar-refractivity contribution in [3.05, 3.63) is 74.8 Å². The van der Waals surface area contributed by atoms with E-state index in [9.17, 15) is 9.59 Å². The highest BCUT2D eigenvalue weighted by molar-refractivity contribution is 5.97. The molecule has 5 heteroatoms. The molecule has 0 aliphatic carbocycles. The van der Waals surface area contributed by atoms with E-state index in [-0.39, 0.29) is 11.5 Å². The lowest BCUT2D eigenvalue weighted by Gasteiger charge is -2.19. The third kappa shape index (κ3) is 3.82. The molecular weight excluding hydrogens is 362 g/mol. The predicted molar refractivity (Wildman–Crippen MR) is 115 cm³/mol. The SMILES string of the molecule is Cc1ccc(CN(C)C(=O)c2ccc3c(=O)n4c(nc3c2)CCCCC4)c(C)c1. The van der Waals surface area contributed by atoms with Crippen molar-refractivity contribution in [2.45, 2.75) is 52.6 Å². The predicted octanol–water partition coefficient (Wildman–Crippen LogP) is 4.01. The van der Waals surface area contributed by atoms with Crippen LogP contribution < -0.4 is 5.56 Å². The Morgan fingerprint density at radius 1 is 1.10 bits per heavy atom. The van der Waals surface area contributed by atoms with Crippen LogP contribution in [0.15, 0.2) is 41.2 Å². The molecule has 0 saturated carbocycles. The molecule has 3 aromatic rings. The van der Waals surface area contributed by atoms with Crippen LogP contribution in [0.2, 0.25) is 0 Å². The Balaban J connectivity index is 1.64. The van der Waals surface area contributed by atoms with Gasteiger partial charge in [0.05, 0.1) is 10.9 Å². The molecule has 0 bridgehead atoms. The summed E-state index contributed by atoms with van der Waals surface area (Å²) < 4.78 is 1.81. The lowest BCUT2D eigenvalue weighted by atomic mass is 10.0. The van der Waals surface area contributed by atoms with Gasteiger partial charge in [-0.15, -0.1) is 0 Å². The normalized spacial score (nSPS) is 13.8. The van der Waals surface area contributed by atoms with Crippen molar-refractivity contribution in [2.75, 3.05) is 7.05 Å². The standard InChI is InChI=1S/C24H27N3O2/c1-16-8-9-19(17(2)13-16)15-26(3)23(28)18-10-11-20-21(14-18)25-22-7-5-4-6-12-27(22)24(20)29/h8-11,13-14H,4-7,12,15H2,1-3H3. The summed E-state index contributed by atoms with van der Waals surface area (Å²) in [6.07, 6.45) is 4.00. The summed E-state index contributed by atoms with van der Waals surface area (Å²) in [6.45, 7) is 5.41. The molecule has 1 aromatic heterocycles. The highest BCUT2D eigenvalue weighted by atomic mass is 16.2. The maximum absolute atomic E-state index is 13.0. The number of carbonyl (C=O) groups is 1. The number of aryl methyl sites for hydroxylation is 3. The van der Waals surface area contributed by atoms with E-state index in [1.165, 1.54) is 11.1 Å². The van der Waals surface area contributed by atoms with Gasteiger partial charge in [-0.2, -0.15) is 0 Å². The molecule has 0 spiro atoms. The van der Waals surface area contributed by atoms with Gasteiger partial charge in [0, 0.05) is 32.1 Å². The van der Waals surface area contributed by atoms with Crippen LogP contribution in [0.3, 0.4) is 0 Å². The zero-order chi connectivity index (χ0) is 20.5. The number of aromatic nitrogens is 2. The van der Waals surface area contributed by atoms with Crippen molar-refractivity contribution in [1.82, 2.24) is 14.5 Å². The van der Waals surface area contributed by atoms with Gasteiger partial charge in [-0.1, -0.05) is 30.2 Å². The fraction of sp³-hybridized carbons (Fsp3) is 0.375. The van der Waals surface area contributed by atoms with E-state index in [0.717, 1.165) is 43.6 Å². The minimum absolute atomic E-state index is 0.00883. The Hall–Kier alpha value is -2.95. The van der Waals surface area contributed by atoms with Crippen molar-refractivity contribution in [3.8, 4) is 0 Å². The Kier molecular flexibility index (Phi) is 5.22. The number of hydrogen-bond donors (Lipinski definition) is 0. The molecule has 29 heavy (non-hydrogen) atoms. The van der Waals surface area contributed by atoms with Crippen LogP contribution in [0.1, 0.15) is 52.1 Å². The number of rotatable bonds is 3. The van der Waals surface area contributed by atoms with E-state index in [4.69, 9.17) is 4.98 Å². The first-order chi connectivity index (χ1) is 13.9. The topological polar surface area (TPSA) is 55.2 Å². The van der Waals surface area contributed by atoms with E-state index in [2.05, 4.69) is 32.0 Å². The monoisotopic (exact) mass is 389 g/mol. The van der Waals surface area contributed by atoms with Crippen LogP contribution in [-0.4, -0.2) is 27.4 Å². The van der Waals surface area contributed by atoms with Crippen molar-refractivity contribution in [2.24, 2.45) is 0 Å². The zero-order valence-corrected chi connectivity index (χ0v) is 17.4. The molecule has 1 amide bonds. The zero-order valence-electron chi connectivity index (χ0n) is 17.4. The summed E-state index contributed by atoms with van der Waals surface area (Å²) in [5, 5.41) is 0.587. The first-order valence-electron chi connectivity index (χ1n) is 10.3. The minimum atomic E-state index is -0.0660. The van der Waals surface area contributed by atoms with E-state index >= 15 is 0 Å². The summed E-state index contributed by atoms with van der Waals surface area (Å²) in [5.74, 6) is 0.775. The summed E-state index contributed by atoms with van der Waals surface area (Å²) in [7, 11) is 1.81. The smallest absolute Gasteiger partial charge is 0.261 e. The van der Waals surface area contributed by atoms with Crippen LogP contribution in [0.5, 0.6) is 0 Å². The lowest BCUT2D eigenvalue weighted by molar-refractivity contribution is 0.0785. The first-order valence-corrected chi connectivity index (χ1v) is 10.3. The van der Waals surface area contributed by atoms with Crippen molar-refractivity contribution in [3.63, 3.8) is 0 Å². The fourth-order valence-electron chi connectivity index (χ4n) is 4.12. The maximum atomic E-state index is 13.0. The molecule has 0 N–H and O–H groups in total. The number of amides is 1. The van der Waals surface area contributed by atoms with Gasteiger partial charge in [-0.25, -0.2) is 4.98 Å². The summed E-state index contributed by atoms with van der Waals surface area (Å²) in [4.78, 5) is 32.3. The van der Waals surface area contributed by atoms with Gasteiger partial charge >= 0.3 is 0 Å². The largest absolute Gasteiger partial charge is 0.337 e. The number of nitrogens with zero attached hydrogens (tertiary/aromatic N) is 3. The molecule has 0 fully saturated rings. The van der Waals surface area contributed by atoms with Crippen LogP contribution in [0.25, 0.3) is 10.9 Å². The van der Waals surface area contributed by atoms with Crippen molar-refractivity contribution < 1.29 is 4.79 Å². The molecule has 2 aromatic carbocycles. The minimum Gasteiger partial charge on any atom is -0.337 e. The molecule has 1 aliphatic heterocycles. The van der Waals surface area contributed by atoms with Crippen LogP contribution in [-0.2, 0) is 19.5 Å². The summed E-state index contributed by atoms with van der Waals surface area (Å²) in [6, 6.07) is 11.5. The summed E-state index contributed by atoms with van der Waals surface area (Å²) >= 11 is 0. The molecule has 150 valence electrons. The van der Waals surface area contributed by atoms with E-state index in [1.54, 1.807) is 23.1 Å². The molecule has 0 unspecified atom stereocenters. The Morgan fingerprint density at radius 2 is 1.93 bits per heavy atom. The van der Waals surface area contributed by atoms with Gasteiger partial charge in [0.25, 0.3) is 11.5 Å². The van der Waals surface area contributed by atoms with Gasteiger partial charge < -0.3 is 4.90 Å². The van der Waals surface area contributed by atoms with E-state index < -0.39 is 0 Å². The van der Waals surface area contributed by atoms with Gasteiger partial charge in [0.2, 0.25) is 0 Å². The first kappa shape index (κ1) is 19.4. The van der Waals surface area contributed by atoms with E-state index in [0.29, 0.717) is 23.0 Å². The third-order valence-electron chi connectivity index (χ3n) is 5.82. The third-order valence-corrected chi connectivity index (χ3v) is 5.82. The molecule has 0 radical (unpaired) electrons. The Labute approximate surface area is 171 Å². The number of fused-ring (bicyclic) bond motifs is 2. The second-order valence-corrected chi connectivity index (χ2v) is 8.12. The van der Waals surface area contributed by atoms with Crippen LogP contribution >= 0.6 is 0 Å². The average molecular weight is 389 g/mol. The van der Waals surface area contributed by atoms with Crippen LogP contribution in [0, 0.1) is 13.8 Å². The second kappa shape index (κ2) is 7.82. The van der Waals surface area contributed by atoms with Crippen LogP contribution in [0.4, 0.5) is 0 Å². The molecule has 1 aliphatic rings. The number of hydrogen-bond acceptors (Lipinski definition) is 3. The van der Waals surface area contributed by atoms with Gasteiger partial charge in [-0.3, -0.25) is 14.2 Å². The van der Waals surface area contributed by atoms with Crippen molar-refractivity contribution >= 4 is 16.8 Å².